The van der Waals surface area contributed by atoms with Crippen LogP contribution >= 0.6 is 0 Å². The molecule has 1 aliphatic carbocycles. The van der Waals surface area contributed by atoms with Crippen LogP contribution in [0.3, 0.4) is 0 Å². The zero-order chi connectivity index (χ0) is 17.8. The number of rotatable bonds is 7. The van der Waals surface area contributed by atoms with Gasteiger partial charge in [0.25, 0.3) is 0 Å². The SMILES string of the molecule is C=CCOC(C)C(=O)OCc1nn(-c2ccc(F)cc2)c2c1CCC2. The number of hydrogen-bond acceptors (Lipinski definition) is 4. The van der Waals surface area contributed by atoms with E-state index in [0.717, 1.165) is 41.9 Å². The van der Waals surface area contributed by atoms with E-state index in [1.807, 2.05) is 4.68 Å². The van der Waals surface area contributed by atoms with Crippen LogP contribution in [0.5, 0.6) is 0 Å². The third kappa shape index (κ3) is 3.79. The molecular formula is C19H21FN2O3. The molecule has 6 heteroatoms. The maximum Gasteiger partial charge on any atom is 0.335 e. The van der Waals surface area contributed by atoms with Crippen molar-refractivity contribution in [2.24, 2.45) is 0 Å². The molecule has 0 fully saturated rings. The number of nitrogens with zero attached hydrogens (tertiary/aromatic N) is 2. The van der Waals surface area contributed by atoms with Gasteiger partial charge in [0.2, 0.25) is 0 Å². The Kier molecular flexibility index (Phi) is 5.28. The summed E-state index contributed by atoms with van der Waals surface area (Å²) in [5.74, 6) is -0.708. The average molecular weight is 344 g/mol. The predicted molar refractivity (Wildman–Crippen MR) is 91.0 cm³/mol. The third-order valence-corrected chi connectivity index (χ3v) is 4.23. The van der Waals surface area contributed by atoms with Crippen molar-refractivity contribution in [2.45, 2.75) is 38.9 Å². The van der Waals surface area contributed by atoms with Gasteiger partial charge in [-0.25, -0.2) is 13.9 Å². The van der Waals surface area contributed by atoms with Crippen LogP contribution in [-0.4, -0.2) is 28.5 Å². The molecule has 25 heavy (non-hydrogen) atoms. The normalized spacial score (nSPS) is 14.2. The van der Waals surface area contributed by atoms with Crippen molar-refractivity contribution in [3.63, 3.8) is 0 Å². The van der Waals surface area contributed by atoms with E-state index in [0.29, 0.717) is 6.61 Å². The zero-order valence-electron chi connectivity index (χ0n) is 14.2. The fourth-order valence-corrected chi connectivity index (χ4v) is 2.96. The number of hydrogen-bond donors (Lipinski definition) is 0. The second-order valence-corrected chi connectivity index (χ2v) is 5.99. The summed E-state index contributed by atoms with van der Waals surface area (Å²) in [7, 11) is 0. The molecule has 1 aliphatic rings. The van der Waals surface area contributed by atoms with Gasteiger partial charge in [-0.3, -0.25) is 0 Å². The number of halogens is 1. The Balaban J connectivity index is 1.75. The molecule has 0 aliphatic heterocycles. The van der Waals surface area contributed by atoms with Gasteiger partial charge < -0.3 is 9.47 Å². The first-order chi connectivity index (χ1) is 12.1. The summed E-state index contributed by atoms with van der Waals surface area (Å²) in [4.78, 5) is 12.0. The number of benzene rings is 1. The van der Waals surface area contributed by atoms with Crippen molar-refractivity contribution in [3.8, 4) is 5.69 Å². The lowest BCUT2D eigenvalue weighted by Gasteiger charge is -2.11. The van der Waals surface area contributed by atoms with Gasteiger partial charge in [0.1, 0.15) is 18.1 Å². The van der Waals surface area contributed by atoms with E-state index in [4.69, 9.17) is 9.47 Å². The Morgan fingerprint density at radius 2 is 2.16 bits per heavy atom. The van der Waals surface area contributed by atoms with E-state index in [1.54, 1.807) is 25.1 Å². The smallest absolute Gasteiger partial charge is 0.335 e. The van der Waals surface area contributed by atoms with Crippen LogP contribution in [0.1, 0.15) is 30.3 Å². The van der Waals surface area contributed by atoms with Gasteiger partial charge in [0.05, 0.1) is 12.3 Å². The highest BCUT2D eigenvalue weighted by Crippen LogP contribution is 2.28. The lowest BCUT2D eigenvalue weighted by Crippen LogP contribution is -2.23. The second kappa shape index (κ2) is 7.61. The third-order valence-electron chi connectivity index (χ3n) is 4.23. The summed E-state index contributed by atoms with van der Waals surface area (Å²) in [6.45, 7) is 5.60. The number of carbonyl (C=O) groups is 1. The standard InChI is InChI=1S/C19H21FN2O3/c1-3-11-24-13(2)19(23)25-12-17-16-5-4-6-18(16)22(21-17)15-9-7-14(20)8-10-15/h3,7-10,13H,1,4-6,11-12H2,2H3. The zero-order valence-corrected chi connectivity index (χ0v) is 14.2. The monoisotopic (exact) mass is 344 g/mol. The van der Waals surface area contributed by atoms with Gasteiger partial charge in [-0.2, -0.15) is 5.10 Å². The number of fused-ring (bicyclic) bond motifs is 1. The van der Waals surface area contributed by atoms with Crippen LogP contribution in [0, 0.1) is 5.82 Å². The molecule has 132 valence electrons. The quantitative estimate of drug-likeness (QED) is 0.572. The Labute approximate surface area is 146 Å². The number of aromatic nitrogens is 2. The van der Waals surface area contributed by atoms with E-state index >= 15 is 0 Å². The largest absolute Gasteiger partial charge is 0.457 e. The summed E-state index contributed by atoms with van der Waals surface area (Å²) in [6, 6.07) is 6.22. The topological polar surface area (TPSA) is 53.4 Å². The molecule has 0 spiro atoms. The highest BCUT2D eigenvalue weighted by molar-refractivity contribution is 5.74. The Morgan fingerprint density at radius 1 is 1.40 bits per heavy atom. The second-order valence-electron chi connectivity index (χ2n) is 5.99. The minimum Gasteiger partial charge on any atom is -0.457 e. The molecule has 0 radical (unpaired) electrons. The number of esters is 1. The minimum absolute atomic E-state index is 0.108. The number of ether oxygens (including phenoxy) is 2. The van der Waals surface area contributed by atoms with Crippen LogP contribution in [0.15, 0.2) is 36.9 Å². The lowest BCUT2D eigenvalue weighted by molar-refractivity contribution is -0.156. The summed E-state index contributed by atoms with van der Waals surface area (Å²) >= 11 is 0. The predicted octanol–water partition coefficient (Wildman–Crippen LogP) is 3.13. The maximum absolute atomic E-state index is 13.2. The summed E-state index contributed by atoms with van der Waals surface area (Å²) in [5.41, 5.74) is 3.78. The number of carbonyl (C=O) groups excluding carboxylic acids is 1. The molecule has 1 unspecified atom stereocenters. The Bertz CT molecular complexity index is 768. The van der Waals surface area contributed by atoms with Crippen LogP contribution < -0.4 is 0 Å². The van der Waals surface area contributed by atoms with Gasteiger partial charge >= 0.3 is 5.97 Å². The fourth-order valence-electron chi connectivity index (χ4n) is 2.96. The maximum atomic E-state index is 13.2. The van der Waals surface area contributed by atoms with Gasteiger partial charge in [-0.1, -0.05) is 6.08 Å². The van der Waals surface area contributed by atoms with E-state index in [-0.39, 0.29) is 12.4 Å². The van der Waals surface area contributed by atoms with Crippen molar-refractivity contribution >= 4 is 5.97 Å². The van der Waals surface area contributed by atoms with Crippen molar-refractivity contribution in [2.75, 3.05) is 6.61 Å². The molecule has 0 amide bonds. The molecule has 3 rings (SSSR count). The van der Waals surface area contributed by atoms with Gasteiger partial charge in [0.15, 0.2) is 6.10 Å². The summed E-state index contributed by atoms with van der Waals surface area (Å²) in [5, 5.41) is 4.59. The molecule has 2 aromatic rings. The van der Waals surface area contributed by atoms with E-state index in [2.05, 4.69) is 11.7 Å². The fraction of sp³-hybridized carbons (Fsp3) is 0.368. The van der Waals surface area contributed by atoms with Crippen molar-refractivity contribution in [1.29, 1.82) is 0 Å². The highest BCUT2D eigenvalue weighted by atomic mass is 19.1. The van der Waals surface area contributed by atoms with Crippen molar-refractivity contribution in [1.82, 2.24) is 9.78 Å². The molecule has 0 saturated carbocycles. The van der Waals surface area contributed by atoms with Crippen LogP contribution in [0.2, 0.25) is 0 Å². The summed E-state index contributed by atoms with van der Waals surface area (Å²) in [6.07, 6.45) is 3.79. The molecule has 1 heterocycles. The highest BCUT2D eigenvalue weighted by Gasteiger charge is 2.24. The molecule has 0 saturated heterocycles. The molecule has 0 N–H and O–H groups in total. The van der Waals surface area contributed by atoms with Crippen LogP contribution in [0.4, 0.5) is 4.39 Å². The van der Waals surface area contributed by atoms with Crippen LogP contribution in [0.25, 0.3) is 5.69 Å². The molecule has 0 bridgehead atoms. The molecule has 1 atom stereocenters. The van der Waals surface area contributed by atoms with Crippen molar-refractivity contribution in [3.05, 3.63) is 59.7 Å². The average Bonchev–Trinajstić information content (AvgIpc) is 3.21. The van der Waals surface area contributed by atoms with Gasteiger partial charge in [0, 0.05) is 11.3 Å². The molecule has 5 nitrogen and oxygen atoms in total. The lowest BCUT2D eigenvalue weighted by atomic mass is 10.2. The summed E-state index contributed by atoms with van der Waals surface area (Å²) < 4.78 is 25.6. The Morgan fingerprint density at radius 3 is 2.88 bits per heavy atom. The molecular weight excluding hydrogens is 323 g/mol. The van der Waals surface area contributed by atoms with Gasteiger partial charge in [-0.15, -0.1) is 6.58 Å². The first-order valence-corrected chi connectivity index (χ1v) is 8.35. The van der Waals surface area contributed by atoms with E-state index in [9.17, 15) is 9.18 Å². The minimum atomic E-state index is -0.648. The molecule has 1 aromatic carbocycles. The van der Waals surface area contributed by atoms with E-state index < -0.39 is 12.1 Å². The molecule has 1 aromatic heterocycles. The first kappa shape index (κ1) is 17.4. The van der Waals surface area contributed by atoms with Crippen molar-refractivity contribution < 1.29 is 18.7 Å². The van der Waals surface area contributed by atoms with Crippen LogP contribution in [-0.2, 0) is 33.7 Å². The Hall–Kier alpha value is -2.47. The van der Waals surface area contributed by atoms with E-state index in [1.165, 1.54) is 12.1 Å². The first-order valence-electron chi connectivity index (χ1n) is 8.35. The van der Waals surface area contributed by atoms with Gasteiger partial charge in [-0.05, 0) is 50.5 Å².